The number of anilines is 1. The van der Waals surface area contributed by atoms with Crippen molar-refractivity contribution in [3.8, 4) is 5.75 Å². The Hall–Kier alpha value is -1.96. The normalized spacial score (nSPS) is 10.6. The first kappa shape index (κ1) is 19.1. The average molecular weight is 345 g/mol. The van der Waals surface area contributed by atoms with Gasteiger partial charge in [0.25, 0.3) is 0 Å². The molecule has 0 unspecified atom stereocenters. The summed E-state index contributed by atoms with van der Waals surface area (Å²) in [4.78, 5) is 13.5. The zero-order valence-corrected chi connectivity index (χ0v) is 14.1. The van der Waals surface area contributed by atoms with Gasteiger partial charge in [-0.3, -0.25) is 4.79 Å². The minimum absolute atomic E-state index is 0.0603. The van der Waals surface area contributed by atoms with Crippen LogP contribution in [0.4, 0.5) is 14.5 Å². The van der Waals surface area contributed by atoms with Crippen molar-refractivity contribution in [2.75, 3.05) is 18.4 Å². The van der Waals surface area contributed by atoms with E-state index in [4.69, 9.17) is 12.2 Å². The number of likely N-dealkylation sites (N-methyl/N-ethyl adjacent to an activating group) is 1. The Morgan fingerprint density at radius 3 is 2.39 bits per heavy atom. The molecule has 0 atom stereocenters. The molecular weight excluding hydrogens is 324 g/mol. The highest BCUT2D eigenvalue weighted by molar-refractivity contribution is 7.80. The Morgan fingerprint density at radius 1 is 1.30 bits per heavy atom. The molecule has 0 saturated heterocycles. The molecule has 0 fully saturated rings. The van der Waals surface area contributed by atoms with Crippen LogP contribution in [-0.2, 0) is 4.79 Å². The van der Waals surface area contributed by atoms with Crippen LogP contribution in [-0.4, -0.2) is 41.7 Å². The van der Waals surface area contributed by atoms with Crippen LogP contribution < -0.4 is 15.4 Å². The summed E-state index contributed by atoms with van der Waals surface area (Å²) in [5.41, 5.74) is 0.624. The lowest BCUT2D eigenvalue weighted by Gasteiger charge is -2.24. The molecule has 8 heteroatoms. The van der Waals surface area contributed by atoms with Crippen molar-refractivity contribution in [1.82, 2.24) is 10.2 Å². The SMILES string of the molecule is CCN(CC(=O)NC(C)C)C(=S)Nc1ccc(OC(F)F)cc1. The lowest BCUT2D eigenvalue weighted by molar-refractivity contribution is -0.121. The third kappa shape index (κ3) is 7.23. The highest BCUT2D eigenvalue weighted by Crippen LogP contribution is 2.18. The quantitative estimate of drug-likeness (QED) is 0.744. The van der Waals surface area contributed by atoms with Gasteiger partial charge in [0.2, 0.25) is 5.91 Å². The van der Waals surface area contributed by atoms with Crippen molar-refractivity contribution in [1.29, 1.82) is 0 Å². The number of carbonyl (C=O) groups is 1. The fraction of sp³-hybridized carbons (Fsp3) is 0.467. The molecule has 0 heterocycles. The summed E-state index contributed by atoms with van der Waals surface area (Å²) >= 11 is 5.27. The van der Waals surface area contributed by atoms with Crippen LogP contribution in [0.3, 0.4) is 0 Å². The number of hydrogen-bond acceptors (Lipinski definition) is 3. The molecule has 0 spiro atoms. The van der Waals surface area contributed by atoms with E-state index in [2.05, 4.69) is 15.4 Å². The molecule has 2 N–H and O–H groups in total. The average Bonchev–Trinajstić information content (AvgIpc) is 2.45. The number of alkyl halides is 2. The molecule has 5 nitrogen and oxygen atoms in total. The summed E-state index contributed by atoms with van der Waals surface area (Å²) in [7, 11) is 0. The van der Waals surface area contributed by atoms with Crippen molar-refractivity contribution < 1.29 is 18.3 Å². The maximum absolute atomic E-state index is 12.1. The van der Waals surface area contributed by atoms with Crippen molar-refractivity contribution in [2.24, 2.45) is 0 Å². The van der Waals surface area contributed by atoms with Gasteiger partial charge in [-0.15, -0.1) is 0 Å². The van der Waals surface area contributed by atoms with E-state index in [1.54, 1.807) is 17.0 Å². The third-order valence-corrected chi connectivity index (χ3v) is 3.14. The topological polar surface area (TPSA) is 53.6 Å². The number of halogens is 2. The number of amides is 1. The van der Waals surface area contributed by atoms with Gasteiger partial charge in [0, 0.05) is 18.3 Å². The highest BCUT2D eigenvalue weighted by Gasteiger charge is 2.13. The summed E-state index contributed by atoms with van der Waals surface area (Å²) in [5.74, 6) is -0.0493. The maximum Gasteiger partial charge on any atom is 0.387 e. The zero-order chi connectivity index (χ0) is 17.4. The number of rotatable bonds is 7. The first-order chi connectivity index (χ1) is 10.8. The number of nitrogens with one attached hydrogen (secondary N) is 2. The second-order valence-electron chi connectivity index (χ2n) is 5.07. The van der Waals surface area contributed by atoms with Crippen LogP contribution in [0.25, 0.3) is 0 Å². The number of thiocarbonyl (C=S) groups is 1. The van der Waals surface area contributed by atoms with Crippen molar-refractivity contribution >= 4 is 28.9 Å². The van der Waals surface area contributed by atoms with Gasteiger partial charge in [-0.05, 0) is 57.3 Å². The fourth-order valence-electron chi connectivity index (χ4n) is 1.79. The van der Waals surface area contributed by atoms with Crippen LogP contribution in [0.15, 0.2) is 24.3 Å². The van der Waals surface area contributed by atoms with Gasteiger partial charge < -0.3 is 20.3 Å². The van der Waals surface area contributed by atoms with E-state index in [0.29, 0.717) is 17.3 Å². The van der Waals surface area contributed by atoms with Crippen LogP contribution in [0, 0.1) is 0 Å². The minimum Gasteiger partial charge on any atom is -0.435 e. The molecule has 1 aromatic rings. The number of benzene rings is 1. The largest absolute Gasteiger partial charge is 0.435 e. The molecule has 1 rings (SSSR count). The third-order valence-electron chi connectivity index (χ3n) is 2.78. The van der Waals surface area contributed by atoms with Crippen LogP contribution >= 0.6 is 12.2 Å². The van der Waals surface area contributed by atoms with Crippen LogP contribution in [0.1, 0.15) is 20.8 Å². The lowest BCUT2D eigenvalue weighted by atomic mass is 10.3. The molecule has 0 aliphatic rings. The highest BCUT2D eigenvalue weighted by atomic mass is 32.1. The predicted molar refractivity (Wildman–Crippen MR) is 89.8 cm³/mol. The number of carbonyl (C=O) groups excluding carboxylic acids is 1. The second-order valence-corrected chi connectivity index (χ2v) is 5.46. The Labute approximate surface area is 140 Å². The Morgan fingerprint density at radius 2 is 1.91 bits per heavy atom. The summed E-state index contributed by atoms with van der Waals surface area (Å²) in [6.45, 7) is 3.50. The second kappa shape index (κ2) is 9.24. The number of hydrogen-bond donors (Lipinski definition) is 2. The van der Waals surface area contributed by atoms with Crippen molar-refractivity contribution in [2.45, 2.75) is 33.4 Å². The zero-order valence-electron chi connectivity index (χ0n) is 13.3. The molecular formula is C15H21F2N3O2S. The van der Waals surface area contributed by atoms with Gasteiger partial charge >= 0.3 is 6.61 Å². The summed E-state index contributed by atoms with van der Waals surface area (Å²) < 4.78 is 28.5. The van der Waals surface area contributed by atoms with Gasteiger partial charge in [-0.1, -0.05) is 0 Å². The minimum atomic E-state index is -2.86. The number of nitrogens with zero attached hydrogens (tertiary/aromatic N) is 1. The first-order valence-corrected chi connectivity index (χ1v) is 7.62. The van der Waals surface area contributed by atoms with E-state index in [0.717, 1.165) is 0 Å². The smallest absolute Gasteiger partial charge is 0.387 e. The van der Waals surface area contributed by atoms with Gasteiger partial charge in [0.05, 0.1) is 6.54 Å². The molecule has 0 radical (unpaired) electrons. The molecule has 23 heavy (non-hydrogen) atoms. The molecule has 0 aliphatic carbocycles. The molecule has 1 amide bonds. The molecule has 0 bridgehead atoms. The fourth-order valence-corrected chi connectivity index (χ4v) is 2.10. The van der Waals surface area contributed by atoms with E-state index in [1.807, 2.05) is 20.8 Å². The molecule has 0 aromatic heterocycles. The standard InChI is InChI=1S/C15H21F2N3O2S/c1-4-20(9-13(21)18-10(2)3)15(23)19-11-5-7-12(8-6-11)22-14(16)17/h5-8,10,14H,4,9H2,1-3H3,(H,18,21)(H,19,23). The van der Waals surface area contributed by atoms with E-state index in [-0.39, 0.29) is 24.2 Å². The Balaban J connectivity index is 2.60. The van der Waals surface area contributed by atoms with Crippen LogP contribution in [0.5, 0.6) is 5.75 Å². The molecule has 1 aromatic carbocycles. The van der Waals surface area contributed by atoms with Gasteiger partial charge in [-0.25, -0.2) is 0 Å². The van der Waals surface area contributed by atoms with E-state index in [9.17, 15) is 13.6 Å². The predicted octanol–water partition coefficient (Wildman–Crippen LogP) is 2.83. The van der Waals surface area contributed by atoms with Crippen LogP contribution in [0.2, 0.25) is 0 Å². The number of ether oxygens (including phenoxy) is 1. The summed E-state index contributed by atoms with van der Waals surface area (Å²) in [5, 5.41) is 6.15. The summed E-state index contributed by atoms with van der Waals surface area (Å²) in [6, 6.07) is 6.04. The molecule has 128 valence electrons. The van der Waals surface area contributed by atoms with E-state index < -0.39 is 6.61 Å². The molecule has 0 saturated carbocycles. The first-order valence-electron chi connectivity index (χ1n) is 7.22. The van der Waals surface area contributed by atoms with E-state index in [1.165, 1.54) is 12.1 Å². The lowest BCUT2D eigenvalue weighted by Crippen LogP contribution is -2.44. The Kier molecular flexibility index (Phi) is 7.67. The van der Waals surface area contributed by atoms with Crippen molar-refractivity contribution in [3.05, 3.63) is 24.3 Å². The van der Waals surface area contributed by atoms with E-state index >= 15 is 0 Å². The van der Waals surface area contributed by atoms with Crippen molar-refractivity contribution in [3.63, 3.8) is 0 Å². The van der Waals surface area contributed by atoms with Gasteiger partial charge in [-0.2, -0.15) is 8.78 Å². The summed E-state index contributed by atoms with van der Waals surface area (Å²) in [6.07, 6.45) is 0. The molecule has 0 aliphatic heterocycles. The Bertz CT molecular complexity index is 524. The monoisotopic (exact) mass is 345 g/mol. The van der Waals surface area contributed by atoms with Gasteiger partial charge in [0.15, 0.2) is 5.11 Å². The van der Waals surface area contributed by atoms with Gasteiger partial charge in [0.1, 0.15) is 5.75 Å². The maximum atomic E-state index is 12.1.